The Hall–Kier alpha value is -2.45. The number of hydrogen-bond donors (Lipinski definition) is 1. The van der Waals surface area contributed by atoms with E-state index in [0.29, 0.717) is 18.0 Å². The standard InChI is InChI=1S/C17H21N3O4S/c1-3-19(4-2)11-12-24-14-8-6-5-7-13(14)18-17(21)15-9-10-16(25-15)20(22)23/h5-10H,3-4,11-12H2,1-2H3,(H,18,21). The number of rotatable bonds is 9. The van der Waals surface area contributed by atoms with Crippen LogP contribution in [0.5, 0.6) is 5.75 Å². The number of nitro groups is 1. The summed E-state index contributed by atoms with van der Waals surface area (Å²) in [5.74, 6) is 0.187. The van der Waals surface area contributed by atoms with Crippen LogP contribution in [0, 0.1) is 10.1 Å². The molecular weight excluding hydrogens is 342 g/mol. The molecule has 134 valence electrons. The van der Waals surface area contributed by atoms with E-state index < -0.39 is 10.8 Å². The number of benzene rings is 1. The zero-order chi connectivity index (χ0) is 18.2. The molecule has 0 aliphatic rings. The maximum Gasteiger partial charge on any atom is 0.324 e. The number of amides is 1. The highest BCUT2D eigenvalue weighted by molar-refractivity contribution is 7.17. The second-order valence-corrected chi connectivity index (χ2v) is 6.28. The van der Waals surface area contributed by atoms with Crippen LogP contribution in [0.25, 0.3) is 0 Å². The molecule has 0 radical (unpaired) electrons. The summed E-state index contributed by atoms with van der Waals surface area (Å²) in [7, 11) is 0. The van der Waals surface area contributed by atoms with Gasteiger partial charge in [-0.05, 0) is 31.3 Å². The van der Waals surface area contributed by atoms with Crippen molar-refractivity contribution in [2.24, 2.45) is 0 Å². The van der Waals surface area contributed by atoms with Crippen molar-refractivity contribution < 1.29 is 14.5 Å². The van der Waals surface area contributed by atoms with Crippen LogP contribution in [0.15, 0.2) is 36.4 Å². The molecule has 1 aromatic heterocycles. The van der Waals surface area contributed by atoms with Gasteiger partial charge >= 0.3 is 5.00 Å². The van der Waals surface area contributed by atoms with E-state index in [1.54, 1.807) is 18.2 Å². The van der Waals surface area contributed by atoms with Gasteiger partial charge in [0.1, 0.15) is 12.4 Å². The van der Waals surface area contributed by atoms with E-state index in [0.717, 1.165) is 31.0 Å². The Kier molecular flexibility index (Phi) is 6.91. The number of ether oxygens (including phenoxy) is 1. The van der Waals surface area contributed by atoms with E-state index in [9.17, 15) is 14.9 Å². The molecule has 0 unspecified atom stereocenters. The van der Waals surface area contributed by atoms with Crippen LogP contribution in [-0.4, -0.2) is 42.0 Å². The predicted molar refractivity (Wildman–Crippen MR) is 98.7 cm³/mol. The first-order chi connectivity index (χ1) is 12.0. The summed E-state index contributed by atoms with van der Waals surface area (Å²) in [6.07, 6.45) is 0. The average molecular weight is 363 g/mol. The number of likely N-dealkylation sites (N-methyl/N-ethyl adjacent to an activating group) is 1. The van der Waals surface area contributed by atoms with Crippen molar-refractivity contribution in [2.45, 2.75) is 13.8 Å². The van der Waals surface area contributed by atoms with Gasteiger partial charge in [0.2, 0.25) is 0 Å². The molecule has 0 aliphatic heterocycles. The van der Waals surface area contributed by atoms with Gasteiger partial charge in [-0.2, -0.15) is 0 Å². The highest BCUT2D eigenvalue weighted by Gasteiger charge is 2.16. The summed E-state index contributed by atoms with van der Waals surface area (Å²) in [5.41, 5.74) is 0.545. The van der Waals surface area contributed by atoms with Crippen molar-refractivity contribution in [3.05, 3.63) is 51.4 Å². The zero-order valence-electron chi connectivity index (χ0n) is 14.2. The molecule has 7 nitrogen and oxygen atoms in total. The molecule has 1 N–H and O–H groups in total. The summed E-state index contributed by atoms with van der Waals surface area (Å²) >= 11 is 0.843. The first-order valence-corrected chi connectivity index (χ1v) is 8.86. The molecule has 2 aromatic rings. The third-order valence-electron chi connectivity index (χ3n) is 3.69. The molecule has 25 heavy (non-hydrogen) atoms. The number of nitrogens with one attached hydrogen (secondary N) is 1. The predicted octanol–water partition coefficient (Wildman–Crippen LogP) is 3.63. The largest absolute Gasteiger partial charge is 0.490 e. The van der Waals surface area contributed by atoms with E-state index >= 15 is 0 Å². The van der Waals surface area contributed by atoms with Gasteiger partial charge in [0, 0.05) is 12.6 Å². The summed E-state index contributed by atoms with van der Waals surface area (Å²) in [4.78, 5) is 25.0. The number of nitrogens with zero attached hydrogens (tertiary/aromatic N) is 2. The molecule has 0 bridgehead atoms. The number of anilines is 1. The second kappa shape index (κ2) is 9.14. The molecule has 0 fully saturated rings. The number of carbonyl (C=O) groups excluding carboxylic acids is 1. The maximum absolute atomic E-state index is 12.3. The molecule has 0 spiro atoms. The Labute approximate surface area is 150 Å². The molecule has 0 aliphatic carbocycles. The lowest BCUT2D eigenvalue weighted by Gasteiger charge is -2.19. The summed E-state index contributed by atoms with van der Waals surface area (Å²) < 4.78 is 5.79. The van der Waals surface area contributed by atoms with Gasteiger partial charge in [0.05, 0.1) is 15.5 Å². The SMILES string of the molecule is CCN(CC)CCOc1ccccc1NC(=O)c1ccc([N+](=O)[O-])s1. The number of thiophene rings is 1. The van der Waals surface area contributed by atoms with Crippen LogP contribution in [0.1, 0.15) is 23.5 Å². The van der Waals surface area contributed by atoms with Crippen LogP contribution < -0.4 is 10.1 Å². The fourth-order valence-corrected chi connectivity index (χ4v) is 2.97. The molecular formula is C17H21N3O4S. The summed E-state index contributed by atoms with van der Waals surface area (Å²) in [6, 6.07) is 9.93. The molecule has 0 atom stereocenters. The molecule has 0 saturated heterocycles. The van der Waals surface area contributed by atoms with E-state index in [-0.39, 0.29) is 9.88 Å². The minimum absolute atomic E-state index is 0.0612. The first-order valence-electron chi connectivity index (χ1n) is 8.04. The highest BCUT2D eigenvalue weighted by atomic mass is 32.1. The number of para-hydroxylation sites is 2. The first kappa shape index (κ1) is 18.9. The lowest BCUT2D eigenvalue weighted by molar-refractivity contribution is -0.380. The fraction of sp³-hybridized carbons (Fsp3) is 0.353. The van der Waals surface area contributed by atoms with Crippen LogP contribution in [0.2, 0.25) is 0 Å². The minimum atomic E-state index is -0.508. The second-order valence-electron chi connectivity index (χ2n) is 5.22. The Bertz CT molecular complexity index is 728. The van der Waals surface area contributed by atoms with Gasteiger partial charge in [0.25, 0.3) is 5.91 Å². The summed E-state index contributed by atoms with van der Waals surface area (Å²) in [6.45, 7) is 7.41. The Balaban J connectivity index is 2.01. The van der Waals surface area contributed by atoms with Gasteiger partial charge in [-0.1, -0.05) is 37.3 Å². The van der Waals surface area contributed by atoms with Crippen molar-refractivity contribution >= 4 is 27.9 Å². The van der Waals surface area contributed by atoms with E-state index in [2.05, 4.69) is 24.1 Å². The van der Waals surface area contributed by atoms with Crippen molar-refractivity contribution in [1.82, 2.24) is 4.90 Å². The fourth-order valence-electron chi connectivity index (χ4n) is 2.25. The Morgan fingerprint density at radius 1 is 1.24 bits per heavy atom. The Morgan fingerprint density at radius 2 is 1.96 bits per heavy atom. The quantitative estimate of drug-likeness (QED) is 0.543. The van der Waals surface area contributed by atoms with Crippen molar-refractivity contribution in [3.8, 4) is 5.75 Å². The Morgan fingerprint density at radius 3 is 2.60 bits per heavy atom. The summed E-state index contributed by atoms with van der Waals surface area (Å²) in [5, 5.41) is 13.4. The van der Waals surface area contributed by atoms with Crippen LogP contribution in [-0.2, 0) is 0 Å². The maximum atomic E-state index is 12.3. The number of carbonyl (C=O) groups is 1. The third kappa shape index (κ3) is 5.27. The third-order valence-corrected chi connectivity index (χ3v) is 4.73. The number of hydrogen-bond acceptors (Lipinski definition) is 6. The van der Waals surface area contributed by atoms with Gasteiger partial charge in [-0.25, -0.2) is 0 Å². The monoisotopic (exact) mass is 363 g/mol. The minimum Gasteiger partial charge on any atom is -0.490 e. The van der Waals surface area contributed by atoms with Crippen LogP contribution >= 0.6 is 11.3 Å². The van der Waals surface area contributed by atoms with Crippen LogP contribution in [0.4, 0.5) is 10.7 Å². The smallest absolute Gasteiger partial charge is 0.324 e. The molecule has 0 saturated carbocycles. The normalized spacial score (nSPS) is 10.7. The average Bonchev–Trinajstić information content (AvgIpc) is 3.10. The van der Waals surface area contributed by atoms with Gasteiger partial charge in [0.15, 0.2) is 0 Å². The van der Waals surface area contributed by atoms with E-state index in [1.165, 1.54) is 12.1 Å². The molecule has 1 heterocycles. The van der Waals surface area contributed by atoms with Crippen molar-refractivity contribution in [2.75, 3.05) is 31.6 Å². The van der Waals surface area contributed by atoms with E-state index in [4.69, 9.17) is 4.74 Å². The molecule has 1 amide bonds. The van der Waals surface area contributed by atoms with Crippen molar-refractivity contribution in [3.63, 3.8) is 0 Å². The lowest BCUT2D eigenvalue weighted by atomic mass is 10.3. The van der Waals surface area contributed by atoms with E-state index in [1.807, 2.05) is 6.07 Å². The van der Waals surface area contributed by atoms with Gasteiger partial charge in [-0.15, -0.1) is 0 Å². The van der Waals surface area contributed by atoms with Crippen LogP contribution in [0.3, 0.4) is 0 Å². The lowest BCUT2D eigenvalue weighted by Crippen LogP contribution is -2.28. The highest BCUT2D eigenvalue weighted by Crippen LogP contribution is 2.27. The molecule has 1 aromatic carbocycles. The zero-order valence-corrected chi connectivity index (χ0v) is 15.0. The van der Waals surface area contributed by atoms with Gasteiger partial charge in [-0.3, -0.25) is 14.9 Å². The van der Waals surface area contributed by atoms with Gasteiger partial charge < -0.3 is 15.0 Å². The molecule has 2 rings (SSSR count). The topological polar surface area (TPSA) is 84.7 Å². The molecule has 8 heteroatoms. The van der Waals surface area contributed by atoms with Crippen molar-refractivity contribution in [1.29, 1.82) is 0 Å².